The zero-order valence-electron chi connectivity index (χ0n) is 10.7. The fraction of sp³-hybridized carbons (Fsp3) is 0.385. The molecule has 2 N–H and O–H groups in total. The van der Waals surface area contributed by atoms with Gasteiger partial charge in [-0.25, -0.2) is 8.42 Å². The Kier molecular flexibility index (Phi) is 5.99. The third kappa shape index (κ3) is 4.33. The molecule has 1 aromatic carbocycles. The highest BCUT2D eigenvalue weighted by molar-refractivity contribution is 7.89. The molecule has 0 amide bonds. The molecule has 1 aromatic rings. The van der Waals surface area contributed by atoms with Gasteiger partial charge in [0.15, 0.2) is 0 Å². The maximum Gasteiger partial charge on any atom is 0.242 e. The van der Waals surface area contributed by atoms with Crippen molar-refractivity contribution in [2.45, 2.75) is 11.3 Å². The SMILES string of the molecule is CN(CCO)S(=O)(=O)c1cccc(C#CCCO)c1. The van der Waals surface area contributed by atoms with Crippen molar-refractivity contribution in [1.82, 2.24) is 4.31 Å². The second-order valence-corrected chi connectivity index (χ2v) is 5.90. The summed E-state index contributed by atoms with van der Waals surface area (Å²) in [4.78, 5) is 0.138. The summed E-state index contributed by atoms with van der Waals surface area (Å²) >= 11 is 0. The minimum absolute atomic E-state index is 0.0236. The molecule has 1 rings (SSSR count). The first-order valence-corrected chi connectivity index (χ1v) is 7.23. The molecule has 0 aliphatic carbocycles. The zero-order chi connectivity index (χ0) is 14.3. The van der Waals surface area contributed by atoms with Gasteiger partial charge in [-0.05, 0) is 18.2 Å². The molecule has 0 heterocycles. The number of rotatable bonds is 5. The van der Waals surface area contributed by atoms with Crippen molar-refractivity contribution in [2.75, 3.05) is 26.8 Å². The maximum absolute atomic E-state index is 12.1. The highest BCUT2D eigenvalue weighted by Gasteiger charge is 2.19. The number of nitrogens with zero attached hydrogens (tertiary/aromatic N) is 1. The van der Waals surface area contributed by atoms with Gasteiger partial charge in [-0.15, -0.1) is 0 Å². The van der Waals surface area contributed by atoms with Crippen LogP contribution in [0.3, 0.4) is 0 Å². The fourth-order valence-corrected chi connectivity index (χ4v) is 2.60. The van der Waals surface area contributed by atoms with Gasteiger partial charge in [-0.1, -0.05) is 17.9 Å². The molecule has 0 unspecified atom stereocenters. The van der Waals surface area contributed by atoms with Crippen LogP contribution in [0.25, 0.3) is 0 Å². The van der Waals surface area contributed by atoms with E-state index < -0.39 is 10.0 Å². The molecule has 5 nitrogen and oxygen atoms in total. The maximum atomic E-state index is 12.1. The molecule has 0 fully saturated rings. The van der Waals surface area contributed by atoms with E-state index in [0.717, 1.165) is 4.31 Å². The van der Waals surface area contributed by atoms with Crippen LogP contribution in [0.15, 0.2) is 29.2 Å². The van der Waals surface area contributed by atoms with E-state index in [-0.39, 0.29) is 24.7 Å². The lowest BCUT2D eigenvalue weighted by atomic mass is 10.2. The van der Waals surface area contributed by atoms with Gasteiger partial charge in [0.1, 0.15) is 0 Å². The molecule has 19 heavy (non-hydrogen) atoms. The monoisotopic (exact) mass is 283 g/mol. The second-order valence-electron chi connectivity index (χ2n) is 3.85. The summed E-state index contributed by atoms with van der Waals surface area (Å²) in [6.07, 6.45) is 0.349. The molecule has 0 saturated carbocycles. The second kappa shape index (κ2) is 7.26. The van der Waals surface area contributed by atoms with Crippen LogP contribution in [0.5, 0.6) is 0 Å². The van der Waals surface area contributed by atoms with E-state index in [1.54, 1.807) is 12.1 Å². The van der Waals surface area contributed by atoms with Crippen LogP contribution in [0, 0.1) is 11.8 Å². The van der Waals surface area contributed by atoms with E-state index in [9.17, 15) is 8.42 Å². The first kappa shape index (κ1) is 15.7. The number of aliphatic hydroxyl groups is 2. The summed E-state index contributed by atoms with van der Waals surface area (Å²) < 4.78 is 25.4. The number of likely N-dealkylation sites (N-methyl/N-ethyl adjacent to an activating group) is 1. The Labute approximate surface area is 113 Å². The van der Waals surface area contributed by atoms with E-state index in [1.165, 1.54) is 19.2 Å². The first-order chi connectivity index (χ1) is 9.02. The highest BCUT2D eigenvalue weighted by Crippen LogP contribution is 2.15. The summed E-state index contributed by atoms with van der Waals surface area (Å²) in [5, 5.41) is 17.4. The van der Waals surface area contributed by atoms with Crippen LogP contribution in [0.4, 0.5) is 0 Å². The molecular weight excluding hydrogens is 266 g/mol. The molecule has 6 heteroatoms. The molecule has 0 saturated heterocycles. The van der Waals surface area contributed by atoms with Gasteiger partial charge >= 0.3 is 0 Å². The lowest BCUT2D eigenvalue weighted by molar-refractivity contribution is 0.266. The number of hydrogen-bond acceptors (Lipinski definition) is 4. The minimum atomic E-state index is -3.60. The topological polar surface area (TPSA) is 77.8 Å². The van der Waals surface area contributed by atoms with Gasteiger partial charge in [-0.2, -0.15) is 4.31 Å². The van der Waals surface area contributed by atoms with E-state index >= 15 is 0 Å². The number of sulfonamides is 1. The molecule has 0 aliphatic rings. The van der Waals surface area contributed by atoms with Crippen LogP contribution in [0.1, 0.15) is 12.0 Å². The Morgan fingerprint density at radius 3 is 2.63 bits per heavy atom. The summed E-state index contributed by atoms with van der Waals surface area (Å²) in [6, 6.07) is 6.28. The van der Waals surface area contributed by atoms with Crippen molar-refractivity contribution in [3.8, 4) is 11.8 Å². The molecule has 0 radical (unpaired) electrons. The van der Waals surface area contributed by atoms with Crippen molar-refractivity contribution in [3.63, 3.8) is 0 Å². The number of hydrogen-bond donors (Lipinski definition) is 2. The van der Waals surface area contributed by atoms with Gasteiger partial charge in [0.25, 0.3) is 0 Å². The van der Waals surface area contributed by atoms with Crippen molar-refractivity contribution in [3.05, 3.63) is 29.8 Å². The van der Waals surface area contributed by atoms with Gasteiger partial charge in [-0.3, -0.25) is 0 Å². The Balaban J connectivity index is 3.03. The molecule has 0 aliphatic heterocycles. The predicted molar refractivity (Wildman–Crippen MR) is 71.9 cm³/mol. The standard InChI is InChI=1S/C13H17NO4S/c1-14(8-10-16)19(17,18)13-7-4-6-12(11-13)5-2-3-9-15/h4,6-7,11,15-16H,3,8-10H2,1H3. The highest BCUT2D eigenvalue weighted by atomic mass is 32.2. The molecule has 0 spiro atoms. The largest absolute Gasteiger partial charge is 0.395 e. The average molecular weight is 283 g/mol. The summed E-state index contributed by atoms with van der Waals surface area (Å²) in [7, 11) is -2.19. The Hall–Kier alpha value is -1.39. The fourth-order valence-electron chi connectivity index (χ4n) is 1.40. The average Bonchev–Trinajstić information content (AvgIpc) is 2.39. The Bertz CT molecular complexity index is 572. The van der Waals surface area contributed by atoms with Gasteiger partial charge in [0, 0.05) is 25.6 Å². The third-order valence-electron chi connectivity index (χ3n) is 2.43. The first-order valence-electron chi connectivity index (χ1n) is 5.79. The Morgan fingerprint density at radius 1 is 1.26 bits per heavy atom. The minimum Gasteiger partial charge on any atom is -0.395 e. The van der Waals surface area contributed by atoms with Crippen molar-refractivity contribution >= 4 is 10.0 Å². The lowest BCUT2D eigenvalue weighted by Gasteiger charge is -2.15. The van der Waals surface area contributed by atoms with Gasteiger partial charge in [0.2, 0.25) is 10.0 Å². The normalized spacial score (nSPS) is 11.2. The lowest BCUT2D eigenvalue weighted by Crippen LogP contribution is -2.29. The number of aliphatic hydroxyl groups excluding tert-OH is 2. The van der Waals surface area contributed by atoms with Gasteiger partial charge in [0.05, 0.1) is 18.1 Å². The van der Waals surface area contributed by atoms with E-state index in [1.807, 2.05) is 0 Å². The predicted octanol–water partition coefficient (Wildman–Crippen LogP) is 0.0333. The molecule has 0 bridgehead atoms. The Morgan fingerprint density at radius 2 is 2.00 bits per heavy atom. The third-order valence-corrected chi connectivity index (χ3v) is 4.28. The van der Waals surface area contributed by atoms with Gasteiger partial charge < -0.3 is 10.2 Å². The summed E-state index contributed by atoms with van der Waals surface area (Å²) in [5.41, 5.74) is 0.576. The molecule has 104 valence electrons. The summed E-state index contributed by atoms with van der Waals surface area (Å²) in [6.45, 7) is -0.210. The van der Waals surface area contributed by atoms with Crippen LogP contribution in [-0.4, -0.2) is 49.7 Å². The molecule has 0 atom stereocenters. The molecule has 0 aromatic heterocycles. The van der Waals surface area contributed by atoms with E-state index in [2.05, 4.69) is 11.8 Å². The van der Waals surface area contributed by atoms with Crippen LogP contribution < -0.4 is 0 Å². The smallest absolute Gasteiger partial charge is 0.242 e. The van der Waals surface area contributed by atoms with E-state index in [0.29, 0.717) is 12.0 Å². The zero-order valence-corrected chi connectivity index (χ0v) is 11.5. The van der Waals surface area contributed by atoms with Crippen LogP contribution in [-0.2, 0) is 10.0 Å². The van der Waals surface area contributed by atoms with Crippen molar-refractivity contribution < 1.29 is 18.6 Å². The number of benzene rings is 1. The van der Waals surface area contributed by atoms with E-state index in [4.69, 9.17) is 10.2 Å². The van der Waals surface area contributed by atoms with Crippen molar-refractivity contribution in [2.24, 2.45) is 0 Å². The quantitative estimate of drug-likeness (QED) is 0.748. The van der Waals surface area contributed by atoms with Crippen LogP contribution >= 0.6 is 0 Å². The van der Waals surface area contributed by atoms with Crippen LogP contribution in [0.2, 0.25) is 0 Å². The summed E-state index contributed by atoms with van der Waals surface area (Å²) in [5.74, 6) is 5.52. The van der Waals surface area contributed by atoms with Crippen molar-refractivity contribution in [1.29, 1.82) is 0 Å². The molecular formula is C13H17NO4S.